The molecular formula is BiMgO2+. The molecule has 0 bridgehead atoms. The molecule has 0 spiro atoms. The third-order valence-electron chi connectivity index (χ3n) is 0. The zero-order valence-electron chi connectivity index (χ0n) is 1.97. The van der Waals surface area contributed by atoms with Gasteiger partial charge in [0, 0.05) is 0 Å². The Morgan fingerprint density at radius 1 is 1.25 bits per heavy atom. The summed E-state index contributed by atoms with van der Waals surface area (Å²) in [6.45, 7) is 0. The summed E-state index contributed by atoms with van der Waals surface area (Å²) in [7, 11) is 0. The zero-order chi connectivity index (χ0) is 2.00. The molecule has 0 heterocycles. The first-order valence-corrected chi connectivity index (χ1v) is 1.60. The van der Waals surface area contributed by atoms with Crippen molar-refractivity contribution >= 4 is 47.8 Å². The molecule has 0 fully saturated rings. The Labute approximate surface area is 55.7 Å². The first kappa shape index (κ1) is 18.1. The zero-order valence-corrected chi connectivity index (χ0v) is 6.86. The van der Waals surface area contributed by atoms with Crippen molar-refractivity contribution in [3.05, 3.63) is 0 Å². The fourth-order valence-corrected chi connectivity index (χ4v) is 0. The minimum atomic E-state index is 0. The molecule has 0 aliphatic carbocycles. The summed E-state index contributed by atoms with van der Waals surface area (Å²) in [4.78, 5) is 0. The van der Waals surface area contributed by atoms with Crippen LogP contribution >= 0.6 is 0 Å². The van der Waals surface area contributed by atoms with Gasteiger partial charge in [-0.25, -0.2) is 0 Å². The van der Waals surface area contributed by atoms with Gasteiger partial charge in [0.25, 0.3) is 0 Å². The quantitative estimate of drug-likeness (QED) is 0.518. The van der Waals surface area contributed by atoms with Crippen molar-refractivity contribution in [3.63, 3.8) is 0 Å². The Balaban J connectivity index is -0.00000000500. The van der Waals surface area contributed by atoms with Gasteiger partial charge in [-0.2, -0.15) is 0 Å². The van der Waals surface area contributed by atoms with Gasteiger partial charge in [0.1, 0.15) is 0 Å². The molecule has 2 nitrogen and oxygen atoms in total. The first-order chi connectivity index (χ1) is 1.00. The second-order valence-electron chi connectivity index (χ2n) is 0. The molecule has 0 aliphatic heterocycles. The first-order valence-electron chi connectivity index (χ1n) is 0.183. The van der Waals surface area contributed by atoms with E-state index in [2.05, 4.69) is 0 Å². The van der Waals surface area contributed by atoms with Crippen LogP contribution in [-0.4, -0.2) is 47.8 Å². The fraction of sp³-hybridized carbons (Fsp3) is 0. The van der Waals surface area contributed by atoms with Crippen molar-refractivity contribution < 1.29 is 8.29 Å². The second kappa shape index (κ2) is 25.8. The summed E-state index contributed by atoms with van der Waals surface area (Å²) in [5.41, 5.74) is 0. The van der Waals surface area contributed by atoms with E-state index in [0.717, 1.165) is 0 Å². The molecule has 0 aromatic carbocycles. The van der Waals surface area contributed by atoms with E-state index >= 15 is 0 Å². The summed E-state index contributed by atoms with van der Waals surface area (Å²) in [6, 6.07) is 0. The van der Waals surface area contributed by atoms with E-state index < -0.39 is 0 Å². The van der Waals surface area contributed by atoms with Crippen molar-refractivity contribution in [1.82, 2.24) is 0 Å². The fourth-order valence-electron chi connectivity index (χ4n) is 0. The maximum atomic E-state index is 8.36. The van der Waals surface area contributed by atoms with Crippen LogP contribution in [0.15, 0.2) is 0 Å². The van der Waals surface area contributed by atoms with Crippen molar-refractivity contribution in [3.8, 4) is 0 Å². The Kier molecular flexibility index (Phi) is 117. The predicted octanol–water partition coefficient (Wildman–Crippen LogP) is -0.999. The Hall–Kier alpha value is 1.41. The van der Waals surface area contributed by atoms with Gasteiger partial charge in [-0.3, -0.25) is 0 Å². The van der Waals surface area contributed by atoms with Crippen LogP contribution in [0, 0.1) is 0 Å². The Morgan fingerprint density at radius 3 is 1.25 bits per heavy atom. The summed E-state index contributed by atoms with van der Waals surface area (Å²) in [5.74, 6) is 0. The molecule has 0 aromatic rings. The van der Waals surface area contributed by atoms with Gasteiger partial charge in [0.2, 0.25) is 0 Å². The van der Waals surface area contributed by atoms with Crippen LogP contribution in [0.2, 0.25) is 0 Å². The van der Waals surface area contributed by atoms with Gasteiger partial charge < -0.3 is 5.48 Å². The van der Waals surface area contributed by atoms with Gasteiger partial charge in [0.15, 0.2) is 0 Å². The Bertz CT molecular complexity index is 6.00. The number of hydrogen-bond acceptors (Lipinski definition) is 1. The number of rotatable bonds is 0. The molecule has 0 saturated heterocycles. The van der Waals surface area contributed by atoms with E-state index in [1.807, 2.05) is 0 Å². The van der Waals surface area contributed by atoms with E-state index in [0.29, 0.717) is 0 Å². The molecule has 0 rings (SSSR count). The predicted molar refractivity (Wildman–Crippen MR) is 12.9 cm³/mol. The third-order valence-corrected chi connectivity index (χ3v) is 0. The van der Waals surface area contributed by atoms with Crippen LogP contribution in [0.4, 0.5) is 0 Å². The van der Waals surface area contributed by atoms with Gasteiger partial charge in [-0.1, -0.05) is 0 Å². The van der Waals surface area contributed by atoms with Gasteiger partial charge in [-0.05, 0) is 0 Å². The molecular weight excluding hydrogens is 265 g/mol. The van der Waals surface area contributed by atoms with Gasteiger partial charge in [-0.15, -0.1) is 0 Å². The summed E-state index contributed by atoms with van der Waals surface area (Å²) >= 11 is 0.194. The molecule has 0 atom stereocenters. The van der Waals surface area contributed by atoms with E-state index in [1.165, 1.54) is 0 Å². The van der Waals surface area contributed by atoms with E-state index in [9.17, 15) is 0 Å². The van der Waals surface area contributed by atoms with Crippen LogP contribution in [0.3, 0.4) is 0 Å². The normalized spacial score (nSPS) is 1.00. The molecule has 0 N–H and O–H groups in total. The minimum absolute atomic E-state index is 0. The van der Waals surface area contributed by atoms with Crippen LogP contribution in [0.5, 0.6) is 0 Å². The third kappa shape index (κ3) is 9.96. The molecule has 18 valence electrons. The summed E-state index contributed by atoms with van der Waals surface area (Å²) < 4.78 is 8.36. The molecule has 4 heteroatoms. The second-order valence-corrected chi connectivity index (χ2v) is 0. The number of hydrogen-bond donors (Lipinski definition) is 0. The van der Waals surface area contributed by atoms with E-state index in [4.69, 9.17) is 2.81 Å². The van der Waals surface area contributed by atoms with Crippen LogP contribution in [0.1, 0.15) is 0 Å². The van der Waals surface area contributed by atoms with Crippen LogP contribution in [0.25, 0.3) is 0 Å². The van der Waals surface area contributed by atoms with Gasteiger partial charge in [0.05, 0.1) is 0 Å². The molecule has 0 aromatic heterocycles. The average molecular weight is 265 g/mol. The van der Waals surface area contributed by atoms with E-state index in [-0.39, 0.29) is 53.3 Å². The van der Waals surface area contributed by atoms with Crippen molar-refractivity contribution in [2.45, 2.75) is 0 Å². The van der Waals surface area contributed by atoms with Crippen molar-refractivity contribution in [1.29, 1.82) is 0 Å². The SMILES string of the molecule is [Mg+2].[O-2].[O]=[Bi+]. The van der Waals surface area contributed by atoms with Gasteiger partial charge >= 0.3 is 50.6 Å². The topological polar surface area (TPSA) is 45.6 Å². The molecule has 0 saturated carbocycles. The van der Waals surface area contributed by atoms with Crippen LogP contribution < -0.4 is 0 Å². The molecule has 0 unspecified atom stereocenters. The maximum absolute atomic E-state index is 8.36. The van der Waals surface area contributed by atoms with Crippen LogP contribution in [-0.2, 0) is 8.29 Å². The summed E-state index contributed by atoms with van der Waals surface area (Å²) in [6.07, 6.45) is 0. The van der Waals surface area contributed by atoms with E-state index in [1.54, 1.807) is 0 Å². The van der Waals surface area contributed by atoms with Crippen molar-refractivity contribution in [2.75, 3.05) is 0 Å². The molecule has 4 heavy (non-hydrogen) atoms. The Morgan fingerprint density at radius 2 is 1.25 bits per heavy atom. The molecule has 0 aliphatic rings. The molecule has 2 radical (unpaired) electrons. The standard InChI is InChI=1S/Bi.Mg.2O/q+1;+2;;-2. The van der Waals surface area contributed by atoms with Crippen molar-refractivity contribution in [2.24, 2.45) is 0 Å². The monoisotopic (exact) mass is 265 g/mol. The molecule has 0 amide bonds. The summed E-state index contributed by atoms with van der Waals surface area (Å²) in [5, 5.41) is 0. The average Bonchev–Trinajstić information content (AvgIpc) is 1.00.